The number of benzene rings is 1. The van der Waals surface area contributed by atoms with E-state index in [2.05, 4.69) is 5.32 Å². The molecule has 0 aliphatic heterocycles. The number of carboxylic acid groups (broad SMARTS) is 1. The van der Waals surface area contributed by atoms with Crippen molar-refractivity contribution in [1.29, 1.82) is 0 Å². The summed E-state index contributed by atoms with van der Waals surface area (Å²) in [4.78, 5) is 23.0. The molecule has 20 heavy (non-hydrogen) atoms. The second kappa shape index (κ2) is 6.72. The van der Waals surface area contributed by atoms with E-state index < -0.39 is 12.6 Å². The highest BCUT2D eigenvalue weighted by Crippen LogP contribution is 2.16. The lowest BCUT2D eigenvalue weighted by Gasteiger charge is -2.08. The number of amides is 1. The summed E-state index contributed by atoms with van der Waals surface area (Å²) < 4.78 is 4.94. The van der Waals surface area contributed by atoms with Crippen LogP contribution in [0.5, 0.6) is 5.75 Å². The molecule has 5 nitrogen and oxygen atoms in total. The zero-order valence-corrected chi connectivity index (χ0v) is 11.3. The van der Waals surface area contributed by atoms with Gasteiger partial charge in [-0.25, -0.2) is 0 Å². The van der Waals surface area contributed by atoms with E-state index in [0.717, 1.165) is 4.88 Å². The number of thiophene rings is 1. The van der Waals surface area contributed by atoms with Crippen molar-refractivity contribution >= 4 is 28.9 Å². The SMILES string of the molecule is O=C([O-])COc1ccc(NC(=O)Cc2cccs2)cc1. The molecule has 0 fully saturated rings. The Morgan fingerprint density at radius 3 is 2.55 bits per heavy atom. The Balaban J connectivity index is 1.86. The third kappa shape index (κ3) is 4.40. The van der Waals surface area contributed by atoms with Gasteiger partial charge in [-0.15, -0.1) is 11.3 Å². The van der Waals surface area contributed by atoms with Crippen LogP contribution in [-0.4, -0.2) is 18.5 Å². The maximum atomic E-state index is 11.8. The summed E-state index contributed by atoms with van der Waals surface area (Å²) in [5.41, 5.74) is 0.632. The van der Waals surface area contributed by atoms with Crippen LogP contribution in [0.2, 0.25) is 0 Å². The number of carbonyl (C=O) groups is 2. The van der Waals surface area contributed by atoms with Crippen LogP contribution >= 0.6 is 11.3 Å². The van der Waals surface area contributed by atoms with Crippen molar-refractivity contribution < 1.29 is 19.4 Å². The molecule has 0 bridgehead atoms. The predicted octanol–water partition coefficient (Wildman–Crippen LogP) is 1.06. The van der Waals surface area contributed by atoms with E-state index in [4.69, 9.17) is 4.74 Å². The smallest absolute Gasteiger partial charge is 0.229 e. The molecule has 0 aliphatic rings. The molecular formula is C14H12NO4S-. The molecule has 0 aliphatic carbocycles. The van der Waals surface area contributed by atoms with Crippen LogP contribution in [0.3, 0.4) is 0 Å². The average Bonchev–Trinajstić information content (AvgIpc) is 2.90. The van der Waals surface area contributed by atoms with E-state index in [9.17, 15) is 14.7 Å². The second-order valence-electron chi connectivity index (χ2n) is 3.99. The van der Waals surface area contributed by atoms with Gasteiger partial charge in [0.25, 0.3) is 0 Å². The van der Waals surface area contributed by atoms with E-state index >= 15 is 0 Å². The first-order valence-corrected chi connectivity index (χ1v) is 6.76. The fourth-order valence-electron chi connectivity index (χ4n) is 1.55. The molecule has 1 amide bonds. The molecule has 2 aromatic rings. The minimum absolute atomic E-state index is 0.101. The molecule has 1 heterocycles. The average molecular weight is 290 g/mol. The first-order valence-electron chi connectivity index (χ1n) is 5.88. The Hall–Kier alpha value is -2.34. The van der Waals surface area contributed by atoms with Gasteiger partial charge in [-0.05, 0) is 35.7 Å². The van der Waals surface area contributed by atoms with Crippen LogP contribution in [0.15, 0.2) is 41.8 Å². The second-order valence-corrected chi connectivity index (χ2v) is 5.02. The molecule has 2 rings (SSSR count). The molecule has 1 aromatic heterocycles. The normalized spacial score (nSPS) is 10.0. The lowest BCUT2D eigenvalue weighted by molar-refractivity contribution is -0.307. The quantitative estimate of drug-likeness (QED) is 0.862. The molecular weight excluding hydrogens is 278 g/mol. The van der Waals surface area contributed by atoms with E-state index in [1.807, 2.05) is 17.5 Å². The van der Waals surface area contributed by atoms with Gasteiger partial charge in [0, 0.05) is 10.6 Å². The standard InChI is InChI=1S/C14H13NO4S/c16-13(8-12-2-1-7-20-12)15-10-3-5-11(6-4-10)19-9-14(17)18/h1-7H,8-9H2,(H,15,16)(H,17,18)/p-1. The summed E-state index contributed by atoms with van der Waals surface area (Å²) in [6, 6.07) is 10.3. The molecule has 6 heteroatoms. The van der Waals surface area contributed by atoms with E-state index in [-0.39, 0.29) is 5.91 Å². The maximum Gasteiger partial charge on any atom is 0.229 e. The summed E-state index contributed by atoms with van der Waals surface area (Å²) in [5, 5.41) is 14.9. The summed E-state index contributed by atoms with van der Waals surface area (Å²) in [6.07, 6.45) is 0.334. The van der Waals surface area contributed by atoms with Crippen LogP contribution in [-0.2, 0) is 16.0 Å². The number of carbonyl (C=O) groups excluding carboxylic acids is 2. The lowest BCUT2D eigenvalue weighted by atomic mass is 10.2. The Kier molecular flexibility index (Phi) is 4.73. The highest BCUT2D eigenvalue weighted by Gasteiger charge is 2.05. The highest BCUT2D eigenvalue weighted by molar-refractivity contribution is 7.10. The van der Waals surface area contributed by atoms with Gasteiger partial charge in [0.15, 0.2) is 0 Å². The van der Waals surface area contributed by atoms with Crippen LogP contribution in [0.25, 0.3) is 0 Å². The number of anilines is 1. The number of ether oxygens (including phenoxy) is 1. The molecule has 0 atom stereocenters. The fraction of sp³-hybridized carbons (Fsp3) is 0.143. The van der Waals surface area contributed by atoms with Crippen molar-refractivity contribution in [1.82, 2.24) is 0 Å². The maximum absolute atomic E-state index is 11.8. The van der Waals surface area contributed by atoms with Gasteiger partial charge < -0.3 is 20.0 Å². The molecule has 0 unspecified atom stereocenters. The van der Waals surface area contributed by atoms with Crippen LogP contribution in [0.4, 0.5) is 5.69 Å². The molecule has 1 N–H and O–H groups in total. The summed E-state index contributed by atoms with van der Waals surface area (Å²) >= 11 is 1.53. The Morgan fingerprint density at radius 2 is 1.95 bits per heavy atom. The Labute approximate surface area is 119 Å². The van der Waals surface area contributed by atoms with Crippen molar-refractivity contribution in [3.05, 3.63) is 46.7 Å². The monoisotopic (exact) mass is 290 g/mol. The number of rotatable bonds is 6. The Morgan fingerprint density at radius 1 is 1.20 bits per heavy atom. The number of aliphatic carboxylic acids is 1. The van der Waals surface area contributed by atoms with Crippen LogP contribution in [0, 0.1) is 0 Å². The topological polar surface area (TPSA) is 78.5 Å². The summed E-state index contributed by atoms with van der Waals surface area (Å²) in [7, 11) is 0. The van der Waals surface area contributed by atoms with Gasteiger partial charge >= 0.3 is 0 Å². The number of hydrogen-bond acceptors (Lipinski definition) is 5. The van der Waals surface area contributed by atoms with Gasteiger partial charge in [0.1, 0.15) is 12.4 Å². The molecule has 104 valence electrons. The molecule has 0 radical (unpaired) electrons. The van der Waals surface area contributed by atoms with Crippen molar-refractivity contribution in [3.63, 3.8) is 0 Å². The van der Waals surface area contributed by atoms with E-state index in [1.54, 1.807) is 24.3 Å². The lowest BCUT2D eigenvalue weighted by Crippen LogP contribution is -2.28. The van der Waals surface area contributed by atoms with E-state index in [0.29, 0.717) is 17.9 Å². The van der Waals surface area contributed by atoms with Crippen molar-refractivity contribution in [3.8, 4) is 5.75 Å². The zero-order chi connectivity index (χ0) is 14.4. The Bertz CT molecular complexity index is 578. The molecule has 0 spiro atoms. The van der Waals surface area contributed by atoms with Crippen LogP contribution in [0.1, 0.15) is 4.88 Å². The number of carboxylic acids is 1. The van der Waals surface area contributed by atoms with Gasteiger partial charge in [0.2, 0.25) is 5.91 Å². The number of nitrogens with one attached hydrogen (secondary N) is 1. The molecule has 1 aromatic carbocycles. The van der Waals surface area contributed by atoms with Gasteiger partial charge in [0.05, 0.1) is 12.4 Å². The van der Waals surface area contributed by atoms with Gasteiger partial charge in [-0.2, -0.15) is 0 Å². The third-order valence-corrected chi connectivity index (χ3v) is 3.29. The van der Waals surface area contributed by atoms with Crippen LogP contribution < -0.4 is 15.2 Å². The number of hydrogen-bond donors (Lipinski definition) is 1. The molecule has 0 saturated heterocycles. The zero-order valence-electron chi connectivity index (χ0n) is 10.5. The minimum Gasteiger partial charge on any atom is -0.546 e. The largest absolute Gasteiger partial charge is 0.546 e. The van der Waals surface area contributed by atoms with Crippen molar-refractivity contribution in [2.45, 2.75) is 6.42 Å². The third-order valence-electron chi connectivity index (χ3n) is 2.41. The van der Waals surface area contributed by atoms with Crippen molar-refractivity contribution in [2.24, 2.45) is 0 Å². The van der Waals surface area contributed by atoms with Crippen molar-refractivity contribution in [2.75, 3.05) is 11.9 Å². The summed E-state index contributed by atoms with van der Waals surface area (Å²) in [5.74, 6) is -0.973. The predicted molar refractivity (Wildman–Crippen MR) is 73.6 cm³/mol. The molecule has 0 saturated carbocycles. The fourth-order valence-corrected chi connectivity index (χ4v) is 2.26. The summed E-state index contributed by atoms with van der Waals surface area (Å²) in [6.45, 7) is -0.496. The van der Waals surface area contributed by atoms with Gasteiger partial charge in [-0.3, -0.25) is 4.79 Å². The minimum atomic E-state index is -1.28. The first kappa shape index (κ1) is 14.1. The van der Waals surface area contributed by atoms with E-state index in [1.165, 1.54) is 11.3 Å². The van der Waals surface area contributed by atoms with Gasteiger partial charge in [-0.1, -0.05) is 6.07 Å². The first-order chi connectivity index (χ1) is 9.63. The highest BCUT2D eigenvalue weighted by atomic mass is 32.1.